The average Bonchev–Trinajstić information content (AvgIpc) is 2.69. The number of hydrogen-bond acceptors (Lipinski definition) is 3. The van der Waals surface area contributed by atoms with Crippen molar-refractivity contribution in [2.45, 2.75) is 13.8 Å². The molecule has 0 heterocycles. The lowest BCUT2D eigenvalue weighted by Crippen LogP contribution is -2.18. The Hall–Kier alpha value is -3.73. The van der Waals surface area contributed by atoms with E-state index < -0.39 is 0 Å². The van der Waals surface area contributed by atoms with Crippen LogP contribution < -0.4 is 10.7 Å². The summed E-state index contributed by atoms with van der Waals surface area (Å²) >= 11 is 0. The molecular weight excluding hydrogens is 350 g/mol. The third kappa shape index (κ3) is 4.92. The normalized spacial score (nSPS) is 10.6. The van der Waals surface area contributed by atoms with E-state index in [0.29, 0.717) is 16.8 Å². The number of aryl methyl sites for hydroxylation is 2. The van der Waals surface area contributed by atoms with E-state index in [1.165, 1.54) is 0 Å². The van der Waals surface area contributed by atoms with E-state index in [9.17, 15) is 9.59 Å². The van der Waals surface area contributed by atoms with Gasteiger partial charge in [0.25, 0.3) is 11.8 Å². The van der Waals surface area contributed by atoms with Gasteiger partial charge >= 0.3 is 0 Å². The zero-order chi connectivity index (χ0) is 19.9. The number of hydrazone groups is 1. The van der Waals surface area contributed by atoms with Crippen LogP contribution in [0.4, 0.5) is 5.69 Å². The maximum absolute atomic E-state index is 12.3. The van der Waals surface area contributed by atoms with Crippen LogP contribution in [0, 0.1) is 13.8 Å². The Kier molecular flexibility index (Phi) is 5.97. The molecule has 0 radical (unpaired) electrons. The van der Waals surface area contributed by atoms with Crippen LogP contribution in [0.1, 0.15) is 37.4 Å². The minimum Gasteiger partial charge on any atom is -0.322 e. The van der Waals surface area contributed by atoms with Gasteiger partial charge < -0.3 is 5.32 Å². The first kappa shape index (κ1) is 19.0. The molecule has 0 aliphatic rings. The van der Waals surface area contributed by atoms with Gasteiger partial charge in [0.1, 0.15) is 0 Å². The highest BCUT2D eigenvalue weighted by molar-refractivity contribution is 6.05. The summed E-state index contributed by atoms with van der Waals surface area (Å²) in [5.74, 6) is -0.501. The van der Waals surface area contributed by atoms with E-state index in [4.69, 9.17) is 0 Å². The van der Waals surface area contributed by atoms with Gasteiger partial charge in [0.05, 0.1) is 6.21 Å². The topological polar surface area (TPSA) is 70.6 Å². The van der Waals surface area contributed by atoms with E-state index in [1.807, 2.05) is 56.3 Å². The molecule has 2 amide bonds. The first-order chi connectivity index (χ1) is 13.5. The number of nitrogens with zero attached hydrogens (tertiary/aromatic N) is 1. The molecule has 140 valence electrons. The van der Waals surface area contributed by atoms with Gasteiger partial charge in [-0.15, -0.1) is 0 Å². The van der Waals surface area contributed by atoms with Crippen LogP contribution in [0.2, 0.25) is 0 Å². The molecule has 0 atom stereocenters. The van der Waals surface area contributed by atoms with E-state index in [-0.39, 0.29) is 11.8 Å². The number of hydrogen-bond donors (Lipinski definition) is 2. The van der Waals surface area contributed by atoms with Crippen molar-refractivity contribution in [3.63, 3.8) is 0 Å². The zero-order valence-electron chi connectivity index (χ0n) is 15.8. The zero-order valence-corrected chi connectivity index (χ0v) is 15.8. The lowest BCUT2D eigenvalue weighted by Gasteiger charge is -2.08. The van der Waals surface area contributed by atoms with Crippen LogP contribution in [0.5, 0.6) is 0 Å². The van der Waals surface area contributed by atoms with Crippen molar-refractivity contribution in [2.75, 3.05) is 5.32 Å². The number of benzene rings is 3. The Balaban J connectivity index is 1.60. The summed E-state index contributed by atoms with van der Waals surface area (Å²) in [6.07, 6.45) is 1.60. The molecule has 28 heavy (non-hydrogen) atoms. The fourth-order valence-electron chi connectivity index (χ4n) is 2.71. The number of amides is 2. The number of carbonyl (C=O) groups excluding carboxylic acids is 2. The van der Waals surface area contributed by atoms with Crippen molar-refractivity contribution in [3.05, 3.63) is 101 Å². The van der Waals surface area contributed by atoms with Crippen molar-refractivity contribution in [2.24, 2.45) is 5.10 Å². The van der Waals surface area contributed by atoms with Crippen LogP contribution in [0.25, 0.3) is 0 Å². The predicted molar refractivity (Wildman–Crippen MR) is 112 cm³/mol. The molecule has 3 rings (SSSR count). The molecular formula is C23H21N3O2. The van der Waals surface area contributed by atoms with E-state index >= 15 is 0 Å². The van der Waals surface area contributed by atoms with Gasteiger partial charge in [-0.25, -0.2) is 5.43 Å². The van der Waals surface area contributed by atoms with Crippen LogP contribution in [-0.2, 0) is 0 Å². The molecule has 0 aliphatic carbocycles. The molecule has 5 nitrogen and oxygen atoms in total. The van der Waals surface area contributed by atoms with Crippen LogP contribution in [-0.4, -0.2) is 18.0 Å². The molecule has 0 spiro atoms. The highest BCUT2D eigenvalue weighted by atomic mass is 16.2. The molecule has 0 aromatic heterocycles. The maximum atomic E-state index is 12.3. The second kappa shape index (κ2) is 8.77. The van der Waals surface area contributed by atoms with Crippen molar-refractivity contribution in [3.8, 4) is 0 Å². The summed E-state index contributed by atoms with van der Waals surface area (Å²) in [6, 6.07) is 21.9. The SMILES string of the molecule is Cc1cccc(/C=N/NC(=O)c2ccc(NC(=O)c3ccccc3C)cc2)c1. The maximum Gasteiger partial charge on any atom is 0.271 e. The molecule has 0 fully saturated rings. The predicted octanol–water partition coefficient (Wildman–Crippen LogP) is 4.32. The molecule has 0 bridgehead atoms. The summed E-state index contributed by atoms with van der Waals surface area (Å²) in [6.45, 7) is 3.88. The van der Waals surface area contributed by atoms with E-state index in [1.54, 1.807) is 36.5 Å². The van der Waals surface area contributed by atoms with Gasteiger partial charge in [-0.3, -0.25) is 9.59 Å². The lowest BCUT2D eigenvalue weighted by atomic mass is 10.1. The summed E-state index contributed by atoms with van der Waals surface area (Å²) < 4.78 is 0. The van der Waals surface area contributed by atoms with Gasteiger partial charge in [-0.1, -0.05) is 48.0 Å². The number of carbonyl (C=O) groups is 2. The largest absolute Gasteiger partial charge is 0.322 e. The van der Waals surface area contributed by atoms with Crippen molar-refractivity contribution < 1.29 is 9.59 Å². The van der Waals surface area contributed by atoms with E-state index in [2.05, 4.69) is 15.8 Å². The third-order valence-corrected chi connectivity index (χ3v) is 4.22. The molecule has 0 aliphatic heterocycles. The van der Waals surface area contributed by atoms with Gasteiger partial charge in [0, 0.05) is 16.8 Å². The molecule has 2 N–H and O–H groups in total. The summed E-state index contributed by atoms with van der Waals surface area (Å²) in [4.78, 5) is 24.5. The Morgan fingerprint density at radius 3 is 2.32 bits per heavy atom. The van der Waals surface area contributed by atoms with Crippen LogP contribution >= 0.6 is 0 Å². The summed E-state index contributed by atoms with van der Waals surface area (Å²) in [5.41, 5.74) is 7.14. The second-order valence-corrected chi connectivity index (χ2v) is 6.46. The first-order valence-electron chi connectivity index (χ1n) is 8.90. The number of nitrogens with one attached hydrogen (secondary N) is 2. The quantitative estimate of drug-likeness (QED) is 0.518. The van der Waals surface area contributed by atoms with Gasteiger partial charge in [-0.05, 0) is 55.3 Å². The first-order valence-corrected chi connectivity index (χ1v) is 8.90. The Morgan fingerprint density at radius 1 is 0.857 bits per heavy atom. The fraction of sp³-hybridized carbons (Fsp3) is 0.0870. The van der Waals surface area contributed by atoms with Crippen molar-refractivity contribution >= 4 is 23.7 Å². The molecule has 3 aromatic rings. The highest BCUT2D eigenvalue weighted by Gasteiger charge is 2.09. The molecule has 3 aromatic carbocycles. The highest BCUT2D eigenvalue weighted by Crippen LogP contribution is 2.13. The minimum atomic E-state index is -0.319. The minimum absolute atomic E-state index is 0.182. The monoisotopic (exact) mass is 371 g/mol. The molecule has 5 heteroatoms. The molecule has 0 saturated carbocycles. The summed E-state index contributed by atoms with van der Waals surface area (Å²) in [7, 11) is 0. The average molecular weight is 371 g/mol. The standard InChI is InChI=1S/C23H21N3O2/c1-16-6-5-8-18(14-16)15-24-26-22(27)19-10-12-20(13-11-19)25-23(28)21-9-4-3-7-17(21)2/h3-15H,1-2H3,(H,25,28)(H,26,27)/b24-15+. The fourth-order valence-corrected chi connectivity index (χ4v) is 2.71. The van der Waals surface area contributed by atoms with Crippen LogP contribution in [0.3, 0.4) is 0 Å². The second-order valence-electron chi connectivity index (χ2n) is 6.46. The summed E-state index contributed by atoms with van der Waals surface area (Å²) in [5, 5.41) is 6.82. The Bertz CT molecular complexity index is 1020. The Morgan fingerprint density at radius 2 is 1.61 bits per heavy atom. The number of anilines is 1. The Labute approximate surface area is 164 Å². The van der Waals surface area contributed by atoms with Crippen molar-refractivity contribution in [1.82, 2.24) is 5.43 Å². The van der Waals surface area contributed by atoms with Gasteiger partial charge in [0.2, 0.25) is 0 Å². The van der Waals surface area contributed by atoms with Crippen molar-refractivity contribution in [1.29, 1.82) is 0 Å². The molecule has 0 saturated heterocycles. The van der Waals surface area contributed by atoms with E-state index in [0.717, 1.165) is 16.7 Å². The lowest BCUT2D eigenvalue weighted by molar-refractivity contribution is 0.0954. The molecule has 0 unspecified atom stereocenters. The van der Waals surface area contributed by atoms with Crippen LogP contribution in [0.15, 0.2) is 77.9 Å². The van der Waals surface area contributed by atoms with Gasteiger partial charge in [-0.2, -0.15) is 5.10 Å². The third-order valence-electron chi connectivity index (χ3n) is 4.22. The smallest absolute Gasteiger partial charge is 0.271 e. The van der Waals surface area contributed by atoms with Gasteiger partial charge in [0.15, 0.2) is 0 Å². The number of rotatable bonds is 5.